The van der Waals surface area contributed by atoms with Crippen LogP contribution >= 0.6 is 11.3 Å². The fourth-order valence-electron chi connectivity index (χ4n) is 6.19. The molecule has 6 nitrogen and oxygen atoms in total. The van der Waals surface area contributed by atoms with E-state index in [2.05, 4.69) is 17.6 Å². The van der Waals surface area contributed by atoms with E-state index in [0.29, 0.717) is 16.5 Å². The summed E-state index contributed by atoms with van der Waals surface area (Å²) in [5.41, 5.74) is 1.74. The van der Waals surface area contributed by atoms with Crippen molar-refractivity contribution < 1.29 is 19.5 Å². The first-order valence-electron chi connectivity index (χ1n) is 11.9. The van der Waals surface area contributed by atoms with Crippen LogP contribution in [0.5, 0.6) is 0 Å². The van der Waals surface area contributed by atoms with Crippen molar-refractivity contribution >= 4 is 34.1 Å². The number of rotatable bonds is 6. The number of fused-ring (bicyclic) bond motifs is 4. The highest BCUT2D eigenvalue weighted by Gasteiger charge is 2.50. The second-order valence-corrected chi connectivity index (χ2v) is 11.1. The average molecular weight is 445 g/mol. The van der Waals surface area contributed by atoms with Gasteiger partial charge in [-0.1, -0.05) is 13.3 Å². The molecule has 5 aliphatic carbocycles. The van der Waals surface area contributed by atoms with Crippen LogP contribution in [0.4, 0.5) is 5.00 Å². The molecular formula is C24H32N2O4S. The van der Waals surface area contributed by atoms with Crippen LogP contribution in [-0.4, -0.2) is 28.9 Å². The van der Waals surface area contributed by atoms with Crippen LogP contribution in [-0.2, 0) is 22.4 Å². The largest absolute Gasteiger partial charge is 0.481 e. The van der Waals surface area contributed by atoms with E-state index in [-0.39, 0.29) is 29.7 Å². The van der Waals surface area contributed by atoms with E-state index in [9.17, 15) is 19.5 Å². The fourth-order valence-corrected chi connectivity index (χ4v) is 7.56. The summed E-state index contributed by atoms with van der Waals surface area (Å²) in [6.07, 6.45) is 9.74. The van der Waals surface area contributed by atoms with Crippen molar-refractivity contribution in [2.75, 3.05) is 5.32 Å². The molecule has 5 aliphatic rings. The van der Waals surface area contributed by atoms with Crippen LogP contribution in [0.3, 0.4) is 0 Å². The summed E-state index contributed by atoms with van der Waals surface area (Å²) in [6.45, 7) is 2.21. The maximum atomic E-state index is 13.4. The van der Waals surface area contributed by atoms with Crippen molar-refractivity contribution in [2.24, 2.45) is 29.6 Å². The second kappa shape index (κ2) is 8.23. The molecule has 0 aliphatic heterocycles. The summed E-state index contributed by atoms with van der Waals surface area (Å²) in [5, 5.41) is 16.6. The van der Waals surface area contributed by atoms with E-state index < -0.39 is 17.8 Å². The first-order valence-corrected chi connectivity index (χ1v) is 12.8. The van der Waals surface area contributed by atoms with E-state index in [4.69, 9.17) is 0 Å². The maximum absolute atomic E-state index is 13.4. The van der Waals surface area contributed by atoms with Gasteiger partial charge in [-0.3, -0.25) is 14.4 Å². The Morgan fingerprint density at radius 3 is 2.29 bits per heavy atom. The van der Waals surface area contributed by atoms with Gasteiger partial charge in [0.15, 0.2) is 0 Å². The smallest absolute Gasteiger partial charge is 0.307 e. The monoisotopic (exact) mass is 444 g/mol. The summed E-state index contributed by atoms with van der Waals surface area (Å²) >= 11 is 1.54. The number of hydrogen-bond donors (Lipinski definition) is 3. The molecule has 0 aromatic carbocycles. The van der Waals surface area contributed by atoms with Crippen LogP contribution in [0, 0.1) is 29.6 Å². The van der Waals surface area contributed by atoms with Crippen molar-refractivity contribution in [1.29, 1.82) is 0 Å². The Kier molecular flexibility index (Phi) is 5.57. The zero-order valence-corrected chi connectivity index (χ0v) is 18.9. The highest BCUT2D eigenvalue weighted by atomic mass is 32.1. The number of amides is 2. The Morgan fingerprint density at radius 1 is 1.00 bits per heavy atom. The number of hydrogen-bond acceptors (Lipinski definition) is 4. The lowest BCUT2D eigenvalue weighted by Gasteiger charge is -2.45. The third-order valence-corrected chi connectivity index (χ3v) is 9.30. The van der Waals surface area contributed by atoms with Crippen LogP contribution in [0.1, 0.15) is 79.1 Å². The van der Waals surface area contributed by atoms with Crippen LogP contribution in [0.2, 0.25) is 0 Å². The molecule has 4 saturated carbocycles. The van der Waals surface area contributed by atoms with Gasteiger partial charge in [0.25, 0.3) is 5.91 Å². The van der Waals surface area contributed by atoms with Gasteiger partial charge in [-0.2, -0.15) is 0 Å². The quantitative estimate of drug-likeness (QED) is 0.612. The minimum absolute atomic E-state index is 0.0785. The Labute approximate surface area is 187 Å². The number of thiophene rings is 1. The van der Waals surface area contributed by atoms with E-state index in [1.807, 2.05) is 0 Å². The number of carbonyl (C=O) groups is 3. The summed E-state index contributed by atoms with van der Waals surface area (Å²) in [4.78, 5) is 39.7. The van der Waals surface area contributed by atoms with Crippen LogP contribution in [0.25, 0.3) is 0 Å². The first kappa shape index (κ1) is 21.0. The SMILES string of the molecule is CC[C@@H]1CCc2c(sc(NC(=O)[C@H]3C4CCC(CC4)[C@H]3C(=O)O)c2C(=O)NC2CC2)C1. The molecule has 168 valence electrons. The van der Waals surface area contributed by atoms with E-state index in [0.717, 1.165) is 69.8 Å². The summed E-state index contributed by atoms with van der Waals surface area (Å²) in [7, 11) is 0. The Hall–Kier alpha value is -1.89. The maximum Gasteiger partial charge on any atom is 0.307 e. The summed E-state index contributed by atoms with van der Waals surface area (Å²) in [6, 6.07) is 0.254. The Morgan fingerprint density at radius 2 is 1.68 bits per heavy atom. The second-order valence-electron chi connectivity index (χ2n) is 10.0. The van der Waals surface area contributed by atoms with Crippen LogP contribution < -0.4 is 10.6 Å². The van der Waals surface area contributed by atoms with E-state index >= 15 is 0 Å². The molecule has 3 atom stereocenters. The molecule has 0 spiro atoms. The summed E-state index contributed by atoms with van der Waals surface area (Å²) in [5.74, 6) is -1.37. The lowest BCUT2D eigenvalue weighted by Crippen LogP contribution is -2.49. The van der Waals surface area contributed by atoms with Gasteiger partial charge in [0.05, 0.1) is 17.4 Å². The topological polar surface area (TPSA) is 95.5 Å². The molecule has 2 bridgehead atoms. The van der Waals surface area contributed by atoms with Crippen molar-refractivity contribution in [2.45, 2.75) is 77.2 Å². The minimum Gasteiger partial charge on any atom is -0.481 e. The highest BCUT2D eigenvalue weighted by molar-refractivity contribution is 7.17. The molecular weight excluding hydrogens is 412 g/mol. The molecule has 2 amide bonds. The van der Waals surface area contributed by atoms with Gasteiger partial charge in [-0.15, -0.1) is 11.3 Å². The van der Waals surface area contributed by atoms with Crippen molar-refractivity contribution in [3.8, 4) is 0 Å². The third kappa shape index (κ3) is 3.90. The van der Waals surface area contributed by atoms with Crippen molar-refractivity contribution in [3.05, 3.63) is 16.0 Å². The number of carboxylic acid groups (broad SMARTS) is 1. The fraction of sp³-hybridized carbons (Fsp3) is 0.708. The zero-order valence-electron chi connectivity index (χ0n) is 18.1. The van der Waals surface area contributed by atoms with Gasteiger partial charge < -0.3 is 15.7 Å². The number of nitrogens with one attached hydrogen (secondary N) is 2. The lowest BCUT2D eigenvalue weighted by atomic mass is 9.58. The normalized spacial score (nSPS) is 31.7. The molecule has 4 fully saturated rings. The van der Waals surface area contributed by atoms with Gasteiger partial charge in [0.2, 0.25) is 5.91 Å². The minimum atomic E-state index is -0.850. The van der Waals surface area contributed by atoms with Gasteiger partial charge in [-0.05, 0) is 81.1 Å². The van der Waals surface area contributed by atoms with Gasteiger partial charge in [0.1, 0.15) is 5.00 Å². The lowest BCUT2D eigenvalue weighted by molar-refractivity contribution is -0.156. The molecule has 6 rings (SSSR count). The third-order valence-electron chi connectivity index (χ3n) is 8.13. The number of carbonyl (C=O) groups excluding carboxylic acids is 2. The average Bonchev–Trinajstić information content (AvgIpc) is 3.51. The van der Waals surface area contributed by atoms with Gasteiger partial charge in [-0.25, -0.2) is 0 Å². The predicted octanol–water partition coefficient (Wildman–Crippen LogP) is 4.23. The van der Waals surface area contributed by atoms with Crippen molar-refractivity contribution in [1.82, 2.24) is 5.32 Å². The molecule has 1 aromatic rings. The molecule has 0 unspecified atom stereocenters. The molecule has 7 heteroatoms. The zero-order chi connectivity index (χ0) is 21.7. The van der Waals surface area contributed by atoms with E-state index in [1.165, 1.54) is 16.2 Å². The Bertz CT molecular complexity index is 898. The number of anilines is 1. The molecule has 0 saturated heterocycles. The molecule has 0 radical (unpaired) electrons. The van der Waals surface area contributed by atoms with Crippen molar-refractivity contribution in [3.63, 3.8) is 0 Å². The molecule has 3 N–H and O–H groups in total. The standard InChI is InChI=1S/C24H32N2O4S/c1-2-12-3-10-16-17(11-12)31-23(20(16)22(28)25-15-8-9-15)26-21(27)18-13-4-6-14(7-5-13)19(18)24(29)30/h12-15,18-19H,2-11H2,1H3,(H,25,28)(H,26,27)(H,29,30)/t12-,13?,14?,18+,19-/m1/s1. The van der Waals surface area contributed by atoms with E-state index in [1.54, 1.807) is 0 Å². The highest BCUT2D eigenvalue weighted by Crippen LogP contribution is 2.50. The Balaban J connectivity index is 1.44. The molecule has 1 heterocycles. The first-order chi connectivity index (χ1) is 15.0. The predicted molar refractivity (Wildman–Crippen MR) is 119 cm³/mol. The number of carboxylic acids is 1. The summed E-state index contributed by atoms with van der Waals surface area (Å²) < 4.78 is 0. The molecule has 1 aromatic heterocycles. The number of aliphatic carboxylic acids is 1. The van der Waals surface area contributed by atoms with Gasteiger partial charge in [0, 0.05) is 10.9 Å². The van der Waals surface area contributed by atoms with Crippen LogP contribution in [0.15, 0.2) is 0 Å². The van der Waals surface area contributed by atoms with Gasteiger partial charge >= 0.3 is 5.97 Å². The molecule has 31 heavy (non-hydrogen) atoms.